The van der Waals surface area contributed by atoms with Crippen molar-refractivity contribution in [3.63, 3.8) is 0 Å². The average Bonchev–Trinajstić information content (AvgIpc) is 3.44. The maximum absolute atomic E-state index is 13.1. The molecule has 32 heavy (non-hydrogen) atoms. The summed E-state index contributed by atoms with van der Waals surface area (Å²) in [4.78, 5) is 27.0. The van der Waals surface area contributed by atoms with Gasteiger partial charge in [0, 0.05) is 18.0 Å². The van der Waals surface area contributed by atoms with Gasteiger partial charge in [-0.25, -0.2) is 0 Å². The first-order valence-electron chi connectivity index (χ1n) is 10.8. The number of thioether (sulfide) groups is 1. The lowest BCUT2D eigenvalue weighted by Crippen LogP contribution is -2.32. The van der Waals surface area contributed by atoms with Gasteiger partial charge in [-0.15, -0.1) is 21.5 Å². The molecule has 168 valence electrons. The van der Waals surface area contributed by atoms with E-state index in [-0.39, 0.29) is 16.7 Å². The fourth-order valence-corrected chi connectivity index (χ4v) is 5.11. The zero-order chi connectivity index (χ0) is 22.7. The Balaban J connectivity index is 1.60. The summed E-state index contributed by atoms with van der Waals surface area (Å²) in [6.45, 7) is 7.30. The van der Waals surface area contributed by atoms with Crippen LogP contribution < -0.4 is 10.9 Å². The van der Waals surface area contributed by atoms with Crippen molar-refractivity contribution in [3.05, 3.63) is 57.0 Å². The van der Waals surface area contributed by atoms with Crippen LogP contribution in [0.2, 0.25) is 0 Å². The highest BCUT2D eigenvalue weighted by molar-refractivity contribution is 8.00. The van der Waals surface area contributed by atoms with Crippen LogP contribution in [0.3, 0.4) is 0 Å². The molecule has 0 fully saturated rings. The van der Waals surface area contributed by atoms with E-state index in [4.69, 9.17) is 0 Å². The van der Waals surface area contributed by atoms with Crippen molar-refractivity contribution in [2.24, 2.45) is 5.92 Å². The van der Waals surface area contributed by atoms with E-state index in [0.717, 1.165) is 18.4 Å². The summed E-state index contributed by atoms with van der Waals surface area (Å²) >= 11 is 3.05. The normalized spacial score (nSPS) is 12.6. The molecule has 1 aromatic carbocycles. The lowest BCUT2D eigenvalue weighted by molar-refractivity contribution is -0.120. The van der Waals surface area contributed by atoms with E-state index in [1.165, 1.54) is 16.6 Å². The molecule has 1 unspecified atom stereocenters. The summed E-state index contributed by atoms with van der Waals surface area (Å²) in [5.41, 5.74) is 0.697. The van der Waals surface area contributed by atoms with Gasteiger partial charge in [0.1, 0.15) is 0 Å². The molecule has 1 amide bonds. The number of amides is 1. The molecule has 1 atom stereocenters. The number of aryl methyl sites for hydroxylation is 1. The molecule has 0 aliphatic carbocycles. The van der Waals surface area contributed by atoms with Crippen LogP contribution in [0.15, 0.2) is 51.7 Å². The number of nitrogens with one attached hydrogen (secondary N) is 1. The van der Waals surface area contributed by atoms with Gasteiger partial charge in [0.05, 0.1) is 16.2 Å². The largest absolute Gasteiger partial charge is 0.355 e. The Bertz CT molecular complexity index is 1280. The molecule has 0 saturated carbocycles. The van der Waals surface area contributed by atoms with Gasteiger partial charge in [0.15, 0.2) is 5.16 Å². The van der Waals surface area contributed by atoms with E-state index in [1.807, 2.05) is 47.0 Å². The fraction of sp³-hybridized carbons (Fsp3) is 0.391. The Morgan fingerprint density at radius 1 is 1.16 bits per heavy atom. The molecule has 9 heteroatoms. The number of fused-ring (bicyclic) bond motifs is 3. The van der Waals surface area contributed by atoms with Gasteiger partial charge in [-0.1, -0.05) is 43.8 Å². The van der Waals surface area contributed by atoms with Gasteiger partial charge in [0.2, 0.25) is 11.7 Å². The number of hydrogen-bond donors (Lipinski definition) is 1. The third-order valence-corrected chi connectivity index (χ3v) is 7.29. The molecule has 0 aliphatic heterocycles. The molecule has 3 aromatic heterocycles. The Kier molecular flexibility index (Phi) is 6.95. The summed E-state index contributed by atoms with van der Waals surface area (Å²) in [5.74, 6) is 0.936. The number of carbonyl (C=O) groups is 1. The molecule has 0 radical (unpaired) electrons. The van der Waals surface area contributed by atoms with Gasteiger partial charge in [-0.05, 0) is 49.3 Å². The third-order valence-electron chi connectivity index (χ3n) is 5.31. The smallest absolute Gasteiger partial charge is 0.262 e. The third kappa shape index (κ3) is 4.73. The SMILES string of the molecule is CC(C)CCn1c(=O)c2ccccc2n2c(SC(C)C(=O)NCCc3cccs3)nnc12. The minimum atomic E-state index is -0.347. The standard InChI is InChI=1S/C23H27N5O2S2/c1-15(2)11-13-27-21(30)18-8-4-5-9-19(18)28-22(27)25-26-23(28)32-16(3)20(29)24-12-10-17-7-6-14-31-17/h4-9,14-16H,10-13H2,1-3H3,(H,24,29). The van der Waals surface area contributed by atoms with Crippen LogP contribution in [0.1, 0.15) is 32.1 Å². The quantitative estimate of drug-likeness (QED) is 0.375. The van der Waals surface area contributed by atoms with Crippen LogP contribution in [0.4, 0.5) is 0 Å². The molecule has 0 aliphatic rings. The van der Waals surface area contributed by atoms with E-state index in [9.17, 15) is 9.59 Å². The Labute approximate surface area is 194 Å². The van der Waals surface area contributed by atoms with Crippen molar-refractivity contribution in [1.82, 2.24) is 24.5 Å². The van der Waals surface area contributed by atoms with Gasteiger partial charge < -0.3 is 5.32 Å². The molecular formula is C23H27N5O2S2. The zero-order valence-electron chi connectivity index (χ0n) is 18.4. The Morgan fingerprint density at radius 2 is 1.97 bits per heavy atom. The predicted octanol–water partition coefficient (Wildman–Crippen LogP) is 3.99. The maximum atomic E-state index is 13.1. The molecule has 1 N–H and O–H groups in total. The molecule has 3 heterocycles. The van der Waals surface area contributed by atoms with E-state index < -0.39 is 0 Å². The Hall–Kier alpha value is -2.65. The van der Waals surface area contributed by atoms with Crippen LogP contribution in [-0.2, 0) is 17.8 Å². The number of aromatic nitrogens is 4. The van der Waals surface area contributed by atoms with Crippen molar-refractivity contribution >= 4 is 45.7 Å². The molecule has 0 bridgehead atoms. The van der Waals surface area contributed by atoms with Gasteiger partial charge in [-0.3, -0.25) is 18.6 Å². The van der Waals surface area contributed by atoms with Crippen molar-refractivity contribution < 1.29 is 4.79 Å². The van der Waals surface area contributed by atoms with Crippen LogP contribution in [-0.4, -0.2) is 36.9 Å². The topological polar surface area (TPSA) is 81.3 Å². The lowest BCUT2D eigenvalue weighted by Gasteiger charge is -2.14. The monoisotopic (exact) mass is 469 g/mol. The van der Waals surface area contributed by atoms with E-state index in [1.54, 1.807) is 15.9 Å². The molecule has 4 rings (SSSR count). The molecule has 0 spiro atoms. The first-order chi connectivity index (χ1) is 15.5. The first kappa shape index (κ1) is 22.5. The Morgan fingerprint density at radius 3 is 2.72 bits per heavy atom. The molecule has 0 saturated heterocycles. The molecule has 4 aromatic rings. The van der Waals surface area contributed by atoms with Crippen LogP contribution in [0.5, 0.6) is 0 Å². The zero-order valence-corrected chi connectivity index (χ0v) is 20.1. The van der Waals surface area contributed by atoms with Gasteiger partial charge in [0.25, 0.3) is 5.56 Å². The molecular weight excluding hydrogens is 442 g/mol. The van der Waals surface area contributed by atoms with E-state index >= 15 is 0 Å². The van der Waals surface area contributed by atoms with Gasteiger partial charge >= 0.3 is 0 Å². The van der Waals surface area contributed by atoms with Crippen molar-refractivity contribution in [1.29, 1.82) is 0 Å². The highest BCUT2D eigenvalue weighted by Crippen LogP contribution is 2.25. The minimum absolute atomic E-state index is 0.0410. The number of carbonyl (C=O) groups excluding carboxylic acids is 1. The summed E-state index contributed by atoms with van der Waals surface area (Å²) in [7, 11) is 0. The van der Waals surface area contributed by atoms with Crippen molar-refractivity contribution in [3.8, 4) is 0 Å². The van der Waals surface area contributed by atoms with Crippen molar-refractivity contribution in [2.75, 3.05) is 6.54 Å². The number of benzene rings is 1. The van der Waals surface area contributed by atoms with Crippen molar-refractivity contribution in [2.45, 2.75) is 50.6 Å². The summed E-state index contributed by atoms with van der Waals surface area (Å²) in [5, 5.41) is 14.6. The number of thiophene rings is 1. The second-order valence-electron chi connectivity index (χ2n) is 8.15. The summed E-state index contributed by atoms with van der Waals surface area (Å²) in [6.07, 6.45) is 1.69. The number of para-hydroxylation sites is 1. The first-order valence-corrected chi connectivity index (χ1v) is 12.5. The lowest BCUT2D eigenvalue weighted by atomic mass is 10.1. The maximum Gasteiger partial charge on any atom is 0.262 e. The summed E-state index contributed by atoms with van der Waals surface area (Å²) in [6, 6.07) is 11.6. The number of rotatable bonds is 9. The number of hydrogen-bond acceptors (Lipinski definition) is 6. The van der Waals surface area contributed by atoms with Gasteiger partial charge in [-0.2, -0.15) is 0 Å². The minimum Gasteiger partial charge on any atom is -0.355 e. The van der Waals surface area contributed by atoms with E-state index in [2.05, 4.69) is 35.4 Å². The van der Waals surface area contributed by atoms with E-state index in [0.29, 0.717) is 35.3 Å². The summed E-state index contributed by atoms with van der Waals surface area (Å²) < 4.78 is 3.60. The molecule has 7 nitrogen and oxygen atoms in total. The highest BCUT2D eigenvalue weighted by atomic mass is 32.2. The van der Waals surface area contributed by atoms with Crippen LogP contribution in [0.25, 0.3) is 16.7 Å². The average molecular weight is 470 g/mol. The highest BCUT2D eigenvalue weighted by Gasteiger charge is 2.21. The van der Waals surface area contributed by atoms with Crippen LogP contribution >= 0.6 is 23.1 Å². The second kappa shape index (κ2) is 9.87. The second-order valence-corrected chi connectivity index (χ2v) is 10.5. The van der Waals surface area contributed by atoms with Crippen LogP contribution in [0, 0.1) is 5.92 Å². The fourth-order valence-electron chi connectivity index (χ4n) is 3.52. The predicted molar refractivity (Wildman–Crippen MR) is 131 cm³/mol. The number of nitrogens with zero attached hydrogens (tertiary/aromatic N) is 4.